The Balaban J connectivity index is 2.15. The van der Waals surface area contributed by atoms with Gasteiger partial charge in [-0.15, -0.1) is 22.7 Å². The quantitative estimate of drug-likeness (QED) is 0.207. The Labute approximate surface area is 208 Å². The van der Waals surface area contributed by atoms with Crippen molar-refractivity contribution in [3.8, 4) is 11.8 Å². The van der Waals surface area contributed by atoms with Crippen LogP contribution in [0.5, 0.6) is 0 Å². The van der Waals surface area contributed by atoms with Crippen molar-refractivity contribution in [3.05, 3.63) is 85.4 Å². The predicted molar refractivity (Wildman–Crippen MR) is 145 cm³/mol. The molecule has 0 radical (unpaired) electrons. The average Bonchev–Trinajstić information content (AvgIpc) is 3.47. The van der Waals surface area contributed by atoms with E-state index in [2.05, 4.69) is 72.3 Å². The zero-order chi connectivity index (χ0) is 24.6. The Morgan fingerprint density at radius 3 is 1.91 bits per heavy atom. The van der Waals surface area contributed by atoms with Crippen LogP contribution in [-0.2, 0) is 0 Å². The Morgan fingerprint density at radius 2 is 1.47 bits per heavy atom. The van der Waals surface area contributed by atoms with Gasteiger partial charge in [-0.25, -0.2) is 15.0 Å². The third-order valence-corrected chi connectivity index (χ3v) is 8.07. The van der Waals surface area contributed by atoms with E-state index in [0.29, 0.717) is 17.5 Å². The number of nitriles is 1. The molecule has 0 N–H and O–H groups in total. The smallest absolute Gasteiger partial charge is 0.263 e. The Bertz CT molecular complexity index is 1560. The van der Waals surface area contributed by atoms with E-state index < -0.39 is 0 Å². The maximum Gasteiger partial charge on any atom is 0.263 e. The standard InChI is InChI=1S/C28H24N4S2/c1-16(2)22-9-8-10-23(17(3)4)26(22)32-24-13-20(11-18(5)30-6)33-27(24)28-25(32)14-21(34-28)12-19(15-29)31-7/h8-14,16-17H,1-5H3/b18-11-,19-12+. The van der Waals surface area contributed by atoms with E-state index in [4.69, 9.17) is 13.1 Å². The lowest BCUT2D eigenvalue weighted by Gasteiger charge is -2.21. The second-order valence-corrected chi connectivity index (χ2v) is 11.0. The fourth-order valence-corrected chi connectivity index (χ4v) is 6.57. The van der Waals surface area contributed by atoms with Gasteiger partial charge in [0, 0.05) is 9.75 Å². The van der Waals surface area contributed by atoms with Gasteiger partial charge in [-0.2, -0.15) is 0 Å². The lowest BCUT2D eigenvalue weighted by molar-refractivity contribution is 0.815. The summed E-state index contributed by atoms with van der Waals surface area (Å²) in [4.78, 5) is 8.84. The molecule has 3 aromatic heterocycles. The van der Waals surface area contributed by atoms with Crippen LogP contribution in [0.1, 0.15) is 67.3 Å². The number of thiophene rings is 2. The lowest BCUT2D eigenvalue weighted by Crippen LogP contribution is -2.06. The SMILES string of the molecule is [C-]#[N+]/C(C)=C\c1cc2c(s1)c1sc(/C=C(\C#N)[N+]#[C-])cc1n2-c1c(C(C)C)cccc1C(C)C. The first-order valence-electron chi connectivity index (χ1n) is 11.0. The number of hydrogen-bond donors (Lipinski definition) is 0. The highest BCUT2D eigenvalue weighted by Crippen LogP contribution is 2.45. The highest BCUT2D eigenvalue weighted by molar-refractivity contribution is 7.28. The fraction of sp³-hybridized carbons (Fsp3) is 0.250. The first kappa shape index (κ1) is 23.5. The van der Waals surface area contributed by atoms with E-state index in [1.54, 1.807) is 28.7 Å². The van der Waals surface area contributed by atoms with Crippen molar-refractivity contribution in [1.29, 1.82) is 5.26 Å². The van der Waals surface area contributed by atoms with E-state index in [9.17, 15) is 5.26 Å². The fourth-order valence-electron chi connectivity index (χ4n) is 4.20. The Kier molecular flexibility index (Phi) is 6.45. The lowest BCUT2D eigenvalue weighted by atomic mass is 9.92. The largest absolute Gasteiger partial charge is 0.307 e. The molecule has 0 atom stereocenters. The van der Waals surface area contributed by atoms with E-state index in [0.717, 1.165) is 25.5 Å². The van der Waals surface area contributed by atoms with Gasteiger partial charge in [-0.1, -0.05) is 45.9 Å². The zero-order valence-electron chi connectivity index (χ0n) is 19.8. The van der Waals surface area contributed by atoms with Crippen molar-refractivity contribution in [2.75, 3.05) is 0 Å². The molecule has 168 valence electrons. The molecule has 4 nitrogen and oxygen atoms in total. The van der Waals surface area contributed by atoms with Crippen LogP contribution in [0.25, 0.3) is 48.0 Å². The number of hydrogen-bond acceptors (Lipinski definition) is 3. The summed E-state index contributed by atoms with van der Waals surface area (Å²) in [6.45, 7) is 25.3. The van der Waals surface area contributed by atoms with Gasteiger partial charge < -0.3 is 4.57 Å². The van der Waals surface area contributed by atoms with Crippen LogP contribution >= 0.6 is 22.7 Å². The van der Waals surface area contributed by atoms with Crippen molar-refractivity contribution in [3.63, 3.8) is 0 Å². The van der Waals surface area contributed by atoms with E-state index in [1.807, 2.05) is 19.1 Å². The number of nitrogens with zero attached hydrogens (tertiary/aromatic N) is 4. The van der Waals surface area contributed by atoms with Gasteiger partial charge in [0.25, 0.3) is 5.70 Å². The molecule has 0 saturated carbocycles. The van der Waals surface area contributed by atoms with Crippen molar-refractivity contribution in [2.45, 2.75) is 46.5 Å². The van der Waals surface area contributed by atoms with E-state index in [1.165, 1.54) is 21.5 Å². The van der Waals surface area contributed by atoms with E-state index in [-0.39, 0.29) is 5.70 Å². The molecule has 1 aromatic carbocycles. The molecule has 0 aliphatic carbocycles. The molecule has 4 aromatic rings. The van der Waals surface area contributed by atoms with Gasteiger partial charge in [0.1, 0.15) is 0 Å². The second kappa shape index (κ2) is 9.32. The van der Waals surface area contributed by atoms with Crippen molar-refractivity contribution >= 4 is 55.3 Å². The monoisotopic (exact) mass is 480 g/mol. The number of fused-ring (bicyclic) bond motifs is 3. The van der Waals surface area contributed by atoms with Gasteiger partial charge in [-0.05, 0) is 54.2 Å². The molecule has 0 unspecified atom stereocenters. The summed E-state index contributed by atoms with van der Waals surface area (Å²) in [5, 5.41) is 9.26. The summed E-state index contributed by atoms with van der Waals surface area (Å²) in [6, 6.07) is 12.8. The molecule has 0 amide bonds. The zero-order valence-corrected chi connectivity index (χ0v) is 21.4. The minimum absolute atomic E-state index is 0.0830. The third-order valence-electron chi connectivity index (χ3n) is 5.76. The van der Waals surface area contributed by atoms with Gasteiger partial charge in [0.2, 0.25) is 0 Å². The molecule has 34 heavy (non-hydrogen) atoms. The molecule has 0 fully saturated rings. The van der Waals surface area contributed by atoms with Crippen LogP contribution in [-0.4, -0.2) is 4.57 Å². The molecule has 0 aliphatic heterocycles. The number of allylic oxidation sites excluding steroid dienone is 2. The second-order valence-electron chi connectivity index (χ2n) is 8.81. The van der Waals surface area contributed by atoms with Gasteiger partial charge in [0.05, 0.1) is 45.3 Å². The van der Waals surface area contributed by atoms with Crippen LogP contribution in [0.4, 0.5) is 0 Å². The average molecular weight is 481 g/mol. The Morgan fingerprint density at radius 1 is 0.941 bits per heavy atom. The summed E-state index contributed by atoms with van der Waals surface area (Å²) in [7, 11) is 0. The summed E-state index contributed by atoms with van der Waals surface area (Å²) in [6.07, 6.45) is 3.61. The van der Waals surface area contributed by atoms with Gasteiger partial charge in [0.15, 0.2) is 5.70 Å². The topological polar surface area (TPSA) is 37.4 Å². The number of aromatic nitrogens is 1. The molecular formula is C28H24N4S2. The summed E-state index contributed by atoms with van der Waals surface area (Å²) in [5.41, 5.74) is 6.74. The van der Waals surface area contributed by atoms with Crippen LogP contribution in [0.3, 0.4) is 0 Å². The molecule has 0 bridgehead atoms. The molecule has 0 saturated heterocycles. The maximum absolute atomic E-state index is 9.26. The summed E-state index contributed by atoms with van der Waals surface area (Å²) >= 11 is 3.29. The van der Waals surface area contributed by atoms with Crippen molar-refractivity contribution < 1.29 is 0 Å². The highest BCUT2D eigenvalue weighted by atomic mass is 32.1. The van der Waals surface area contributed by atoms with Crippen molar-refractivity contribution in [2.24, 2.45) is 0 Å². The molecule has 0 spiro atoms. The number of para-hydroxylation sites is 1. The Hall–Kier alpha value is -3.63. The molecule has 6 heteroatoms. The minimum atomic E-state index is 0.0830. The van der Waals surface area contributed by atoms with Crippen LogP contribution in [0.15, 0.2) is 41.7 Å². The normalized spacial score (nSPS) is 12.5. The van der Waals surface area contributed by atoms with Crippen LogP contribution in [0.2, 0.25) is 0 Å². The number of rotatable bonds is 5. The first-order chi connectivity index (χ1) is 16.3. The van der Waals surface area contributed by atoms with Gasteiger partial charge in [-0.3, -0.25) is 0 Å². The third kappa shape index (κ3) is 4.06. The molecule has 3 heterocycles. The first-order valence-corrected chi connectivity index (χ1v) is 12.7. The van der Waals surface area contributed by atoms with Crippen LogP contribution < -0.4 is 0 Å². The molecule has 4 rings (SSSR count). The summed E-state index contributed by atoms with van der Waals surface area (Å²) < 4.78 is 4.66. The van der Waals surface area contributed by atoms with Crippen molar-refractivity contribution in [1.82, 2.24) is 4.57 Å². The maximum atomic E-state index is 9.26. The molecule has 0 aliphatic rings. The van der Waals surface area contributed by atoms with Crippen LogP contribution in [0, 0.1) is 24.5 Å². The summed E-state index contributed by atoms with van der Waals surface area (Å²) in [5.74, 6) is 0.683. The number of benzene rings is 1. The van der Waals surface area contributed by atoms with Gasteiger partial charge >= 0.3 is 0 Å². The predicted octanol–water partition coefficient (Wildman–Crippen LogP) is 9.22. The molecular weight excluding hydrogens is 456 g/mol. The van der Waals surface area contributed by atoms with E-state index >= 15 is 0 Å². The minimum Gasteiger partial charge on any atom is -0.307 e. The highest BCUT2D eigenvalue weighted by Gasteiger charge is 2.23.